The van der Waals surface area contributed by atoms with Gasteiger partial charge in [0.15, 0.2) is 0 Å². The first-order valence-electron chi connectivity index (χ1n) is 6.23. The predicted molar refractivity (Wildman–Crippen MR) is 70.9 cm³/mol. The van der Waals surface area contributed by atoms with Crippen LogP contribution in [0.5, 0.6) is 0 Å². The fraction of sp³-hybridized carbons (Fsp3) is 0.400. The van der Waals surface area contributed by atoms with E-state index in [1.54, 1.807) is 0 Å². The zero-order chi connectivity index (χ0) is 12.3. The van der Waals surface area contributed by atoms with Crippen molar-refractivity contribution in [3.63, 3.8) is 0 Å². The van der Waals surface area contributed by atoms with Gasteiger partial charge in [-0.2, -0.15) is 0 Å². The summed E-state index contributed by atoms with van der Waals surface area (Å²) in [6, 6.07) is 12.3. The molecule has 0 aliphatic rings. The zero-order valence-electron chi connectivity index (χ0n) is 10.4. The average molecular weight is 229 g/mol. The lowest BCUT2D eigenvalue weighted by Crippen LogP contribution is -2.18. The van der Waals surface area contributed by atoms with E-state index >= 15 is 0 Å². The number of nitrogens with zero attached hydrogens (tertiary/aromatic N) is 1. The van der Waals surface area contributed by atoms with Crippen molar-refractivity contribution in [2.45, 2.75) is 32.8 Å². The van der Waals surface area contributed by atoms with Crippen molar-refractivity contribution in [1.82, 2.24) is 4.98 Å². The van der Waals surface area contributed by atoms with Gasteiger partial charge >= 0.3 is 0 Å². The van der Waals surface area contributed by atoms with Crippen molar-refractivity contribution in [2.75, 3.05) is 0 Å². The van der Waals surface area contributed by atoms with Crippen molar-refractivity contribution >= 4 is 10.9 Å². The molecule has 90 valence electrons. The lowest BCUT2D eigenvalue weighted by Gasteiger charge is -2.16. The van der Waals surface area contributed by atoms with Gasteiger partial charge in [-0.15, -0.1) is 0 Å². The molecular formula is C15H19NO. The number of fused-ring (bicyclic) bond motifs is 1. The Hall–Kier alpha value is -1.41. The molecule has 1 N–H and O–H groups in total. The second kappa shape index (κ2) is 5.28. The van der Waals surface area contributed by atoms with Crippen LogP contribution in [0.1, 0.15) is 26.0 Å². The number of aliphatic hydroxyl groups excluding tert-OH is 1. The minimum absolute atomic E-state index is 0.233. The van der Waals surface area contributed by atoms with Gasteiger partial charge in [0.05, 0.1) is 11.6 Å². The van der Waals surface area contributed by atoms with Crippen LogP contribution in [0.15, 0.2) is 36.4 Å². The lowest BCUT2D eigenvalue weighted by molar-refractivity contribution is 0.112. The Balaban J connectivity index is 2.19. The molecule has 1 aromatic carbocycles. The highest BCUT2D eigenvalue weighted by Crippen LogP contribution is 2.16. The van der Waals surface area contributed by atoms with Gasteiger partial charge in [-0.25, -0.2) is 0 Å². The van der Waals surface area contributed by atoms with E-state index in [0.29, 0.717) is 0 Å². The van der Waals surface area contributed by atoms with Crippen LogP contribution < -0.4 is 0 Å². The van der Waals surface area contributed by atoms with Crippen LogP contribution in [0, 0.1) is 5.92 Å². The smallest absolute Gasteiger partial charge is 0.0705 e. The maximum absolute atomic E-state index is 9.77. The van der Waals surface area contributed by atoms with Crippen LogP contribution in [0.25, 0.3) is 10.9 Å². The van der Waals surface area contributed by atoms with E-state index in [1.165, 1.54) is 5.39 Å². The molecule has 2 nitrogen and oxygen atoms in total. The predicted octanol–water partition coefficient (Wildman–Crippen LogP) is 3.18. The molecule has 2 rings (SSSR count). The SMILES string of the molecule is CCC(O)C(C)Cc1ccc2ccccc2n1. The summed E-state index contributed by atoms with van der Waals surface area (Å²) in [6.45, 7) is 4.08. The molecule has 2 atom stereocenters. The van der Waals surface area contributed by atoms with Crippen molar-refractivity contribution in [3.05, 3.63) is 42.1 Å². The van der Waals surface area contributed by atoms with Gasteiger partial charge in [-0.05, 0) is 30.9 Å². The Kier molecular flexibility index (Phi) is 3.75. The monoisotopic (exact) mass is 229 g/mol. The molecule has 2 unspecified atom stereocenters. The van der Waals surface area contributed by atoms with Gasteiger partial charge in [0.2, 0.25) is 0 Å². The Labute approximate surface area is 102 Å². The number of para-hydroxylation sites is 1. The molecule has 2 heteroatoms. The number of hydrogen-bond acceptors (Lipinski definition) is 2. The molecule has 0 aliphatic carbocycles. The molecule has 0 saturated carbocycles. The van der Waals surface area contributed by atoms with Crippen LogP contribution in [-0.4, -0.2) is 16.2 Å². The van der Waals surface area contributed by atoms with Crippen LogP contribution in [0.4, 0.5) is 0 Å². The molecule has 0 bridgehead atoms. The molecular weight excluding hydrogens is 210 g/mol. The topological polar surface area (TPSA) is 33.1 Å². The van der Waals surface area contributed by atoms with E-state index < -0.39 is 0 Å². The van der Waals surface area contributed by atoms with E-state index in [0.717, 1.165) is 24.1 Å². The number of pyridine rings is 1. The highest BCUT2D eigenvalue weighted by Gasteiger charge is 2.13. The number of aliphatic hydroxyl groups is 1. The van der Waals surface area contributed by atoms with Crippen LogP contribution in [0.2, 0.25) is 0 Å². The second-order valence-corrected chi connectivity index (χ2v) is 4.65. The summed E-state index contributed by atoms with van der Waals surface area (Å²) in [5.41, 5.74) is 2.09. The minimum Gasteiger partial charge on any atom is -0.393 e. The average Bonchev–Trinajstić information content (AvgIpc) is 2.37. The Morgan fingerprint density at radius 1 is 1.18 bits per heavy atom. The Morgan fingerprint density at radius 3 is 2.71 bits per heavy atom. The maximum Gasteiger partial charge on any atom is 0.0705 e. The van der Waals surface area contributed by atoms with E-state index in [2.05, 4.69) is 30.1 Å². The van der Waals surface area contributed by atoms with Gasteiger partial charge in [0, 0.05) is 11.1 Å². The number of benzene rings is 1. The van der Waals surface area contributed by atoms with Gasteiger partial charge in [-0.1, -0.05) is 38.1 Å². The summed E-state index contributed by atoms with van der Waals surface area (Å²) >= 11 is 0. The van der Waals surface area contributed by atoms with E-state index in [1.807, 2.05) is 25.1 Å². The van der Waals surface area contributed by atoms with Crippen molar-refractivity contribution in [1.29, 1.82) is 0 Å². The first-order chi connectivity index (χ1) is 8.20. The molecule has 0 aliphatic heterocycles. The standard InChI is InChI=1S/C15H19NO/c1-3-15(17)11(2)10-13-9-8-12-6-4-5-7-14(12)16-13/h4-9,11,15,17H,3,10H2,1-2H3. The number of aromatic nitrogens is 1. The molecule has 0 saturated heterocycles. The summed E-state index contributed by atoms with van der Waals surface area (Å²) in [6.07, 6.45) is 1.40. The van der Waals surface area contributed by atoms with Crippen molar-refractivity contribution in [2.24, 2.45) is 5.92 Å². The van der Waals surface area contributed by atoms with Gasteiger partial charge in [-0.3, -0.25) is 4.98 Å². The lowest BCUT2D eigenvalue weighted by atomic mass is 9.97. The zero-order valence-corrected chi connectivity index (χ0v) is 10.4. The molecule has 0 radical (unpaired) electrons. The second-order valence-electron chi connectivity index (χ2n) is 4.65. The van der Waals surface area contributed by atoms with Crippen LogP contribution >= 0.6 is 0 Å². The van der Waals surface area contributed by atoms with Crippen LogP contribution in [0.3, 0.4) is 0 Å². The Bertz CT molecular complexity index is 495. The summed E-state index contributed by atoms with van der Waals surface area (Å²) in [5.74, 6) is 0.258. The fourth-order valence-corrected chi connectivity index (χ4v) is 2.09. The molecule has 2 aromatic rings. The molecule has 0 spiro atoms. The highest BCUT2D eigenvalue weighted by molar-refractivity contribution is 5.78. The summed E-state index contributed by atoms with van der Waals surface area (Å²) in [7, 11) is 0. The minimum atomic E-state index is -0.233. The highest BCUT2D eigenvalue weighted by atomic mass is 16.3. The summed E-state index contributed by atoms with van der Waals surface area (Å²) in [5, 5.41) is 10.9. The third kappa shape index (κ3) is 2.83. The molecule has 1 aromatic heterocycles. The summed E-state index contributed by atoms with van der Waals surface area (Å²) < 4.78 is 0. The van der Waals surface area contributed by atoms with Gasteiger partial charge < -0.3 is 5.11 Å². The molecule has 17 heavy (non-hydrogen) atoms. The third-order valence-corrected chi connectivity index (χ3v) is 3.26. The van der Waals surface area contributed by atoms with Crippen LogP contribution in [-0.2, 0) is 6.42 Å². The Morgan fingerprint density at radius 2 is 1.94 bits per heavy atom. The molecule has 1 heterocycles. The number of hydrogen-bond donors (Lipinski definition) is 1. The maximum atomic E-state index is 9.77. The van der Waals surface area contributed by atoms with Crippen molar-refractivity contribution in [3.8, 4) is 0 Å². The van der Waals surface area contributed by atoms with E-state index in [-0.39, 0.29) is 12.0 Å². The normalized spacial score (nSPS) is 14.8. The fourth-order valence-electron chi connectivity index (χ4n) is 2.09. The quantitative estimate of drug-likeness (QED) is 0.873. The first-order valence-corrected chi connectivity index (χ1v) is 6.23. The van der Waals surface area contributed by atoms with E-state index in [4.69, 9.17) is 0 Å². The van der Waals surface area contributed by atoms with E-state index in [9.17, 15) is 5.11 Å². The summed E-state index contributed by atoms with van der Waals surface area (Å²) in [4.78, 5) is 4.62. The number of rotatable bonds is 4. The molecule has 0 amide bonds. The van der Waals surface area contributed by atoms with Crippen molar-refractivity contribution < 1.29 is 5.11 Å². The largest absolute Gasteiger partial charge is 0.393 e. The first kappa shape index (κ1) is 12.1. The molecule has 0 fully saturated rings. The van der Waals surface area contributed by atoms with Gasteiger partial charge in [0.1, 0.15) is 0 Å². The van der Waals surface area contributed by atoms with Gasteiger partial charge in [0.25, 0.3) is 0 Å². The third-order valence-electron chi connectivity index (χ3n) is 3.26.